The molecule has 1 saturated heterocycles. The van der Waals surface area contributed by atoms with Gasteiger partial charge >= 0.3 is 0 Å². The first-order valence-electron chi connectivity index (χ1n) is 6.88. The van der Waals surface area contributed by atoms with Gasteiger partial charge in [-0.15, -0.1) is 0 Å². The van der Waals surface area contributed by atoms with Crippen molar-refractivity contribution in [3.05, 3.63) is 47.0 Å². The number of carbonyl (C=O) groups is 1. The molecule has 0 aliphatic carbocycles. The molecule has 104 valence electrons. The van der Waals surface area contributed by atoms with E-state index >= 15 is 0 Å². The van der Waals surface area contributed by atoms with Gasteiger partial charge in [0.15, 0.2) is 0 Å². The zero-order valence-electron chi connectivity index (χ0n) is 11.2. The summed E-state index contributed by atoms with van der Waals surface area (Å²) in [6.07, 6.45) is 0.990. The minimum Gasteiger partial charge on any atom is -0.355 e. The number of nitrogens with one attached hydrogen (secondary N) is 1. The fraction of sp³-hybridized carbons (Fsp3) is 0.312. The normalized spacial score (nSPS) is 16.9. The number of carbonyl (C=O) groups excluding carboxylic acids is 1. The van der Waals surface area contributed by atoms with E-state index in [1.807, 2.05) is 24.3 Å². The van der Waals surface area contributed by atoms with Gasteiger partial charge in [-0.2, -0.15) is 0 Å². The molecule has 0 unspecified atom stereocenters. The molecule has 2 aromatic rings. The van der Waals surface area contributed by atoms with Crippen molar-refractivity contribution in [1.29, 1.82) is 0 Å². The van der Waals surface area contributed by atoms with Gasteiger partial charge in [-0.25, -0.2) is 0 Å². The average molecular weight is 289 g/mol. The Morgan fingerprint density at radius 2 is 2.10 bits per heavy atom. The van der Waals surface area contributed by atoms with E-state index in [-0.39, 0.29) is 5.91 Å². The lowest BCUT2D eigenvalue weighted by Gasteiger charge is -2.19. The fourth-order valence-electron chi connectivity index (χ4n) is 2.72. The van der Waals surface area contributed by atoms with Gasteiger partial charge in [0.25, 0.3) is 0 Å². The highest BCUT2D eigenvalue weighted by Crippen LogP contribution is 2.25. The molecule has 1 amide bonds. The molecule has 0 saturated carbocycles. The molecule has 1 fully saturated rings. The van der Waals surface area contributed by atoms with Gasteiger partial charge in [-0.3, -0.25) is 9.69 Å². The van der Waals surface area contributed by atoms with E-state index in [4.69, 9.17) is 11.6 Å². The lowest BCUT2D eigenvalue weighted by atomic mass is 10.0. The summed E-state index contributed by atoms with van der Waals surface area (Å²) in [5, 5.41) is 6.01. The van der Waals surface area contributed by atoms with E-state index in [1.54, 1.807) is 0 Å². The Balaban J connectivity index is 1.91. The van der Waals surface area contributed by atoms with Crippen LogP contribution in [0.2, 0.25) is 5.02 Å². The Hall–Kier alpha value is -1.58. The average Bonchev–Trinajstić information content (AvgIpc) is 2.63. The molecule has 0 radical (unpaired) electrons. The molecule has 1 aliphatic heterocycles. The number of hydrogen-bond donors (Lipinski definition) is 1. The Morgan fingerprint density at radius 1 is 1.25 bits per heavy atom. The number of halogens is 1. The maximum atomic E-state index is 11.6. The molecule has 3 rings (SSSR count). The largest absolute Gasteiger partial charge is 0.355 e. The number of amides is 1. The van der Waals surface area contributed by atoms with E-state index in [9.17, 15) is 4.79 Å². The van der Waals surface area contributed by atoms with Crippen LogP contribution in [0.1, 0.15) is 12.0 Å². The van der Waals surface area contributed by atoms with E-state index in [1.165, 1.54) is 10.9 Å². The zero-order chi connectivity index (χ0) is 13.9. The molecule has 1 heterocycles. The molecular weight excluding hydrogens is 272 g/mol. The topological polar surface area (TPSA) is 32.3 Å². The van der Waals surface area contributed by atoms with Crippen molar-refractivity contribution in [2.45, 2.75) is 13.0 Å². The van der Waals surface area contributed by atoms with Crippen LogP contribution in [0.3, 0.4) is 0 Å². The third-order valence-electron chi connectivity index (χ3n) is 3.65. The Bertz CT molecular complexity index is 641. The van der Waals surface area contributed by atoms with E-state index in [0.717, 1.165) is 36.5 Å². The zero-order valence-corrected chi connectivity index (χ0v) is 12.0. The van der Waals surface area contributed by atoms with E-state index < -0.39 is 0 Å². The Labute approximate surface area is 123 Å². The van der Waals surface area contributed by atoms with Crippen molar-refractivity contribution in [3.63, 3.8) is 0 Å². The van der Waals surface area contributed by atoms with E-state index in [0.29, 0.717) is 6.54 Å². The molecule has 0 bridgehead atoms. The number of hydrogen-bond acceptors (Lipinski definition) is 2. The van der Waals surface area contributed by atoms with Gasteiger partial charge in [0, 0.05) is 24.7 Å². The van der Waals surface area contributed by atoms with Gasteiger partial charge in [-0.1, -0.05) is 35.9 Å². The SMILES string of the molecule is O=C1CN(Cc2cc(Cl)cc3ccccc23)CCCN1. The second-order valence-corrected chi connectivity index (χ2v) is 5.64. The molecule has 1 aliphatic rings. The van der Waals surface area contributed by atoms with Crippen LogP contribution in [-0.4, -0.2) is 30.4 Å². The Morgan fingerprint density at radius 3 is 3.00 bits per heavy atom. The van der Waals surface area contributed by atoms with Crippen LogP contribution in [0.4, 0.5) is 0 Å². The monoisotopic (exact) mass is 288 g/mol. The quantitative estimate of drug-likeness (QED) is 0.922. The highest BCUT2D eigenvalue weighted by molar-refractivity contribution is 6.31. The summed E-state index contributed by atoms with van der Waals surface area (Å²) >= 11 is 6.20. The van der Waals surface area contributed by atoms with Crippen LogP contribution in [0.25, 0.3) is 10.8 Å². The molecule has 4 heteroatoms. The number of rotatable bonds is 2. The van der Waals surface area contributed by atoms with Gasteiger partial charge in [0.05, 0.1) is 6.54 Å². The molecule has 2 aromatic carbocycles. The van der Waals surface area contributed by atoms with Gasteiger partial charge < -0.3 is 5.32 Å². The van der Waals surface area contributed by atoms with Crippen LogP contribution in [0.15, 0.2) is 36.4 Å². The van der Waals surface area contributed by atoms with Crippen LogP contribution in [0.5, 0.6) is 0 Å². The summed E-state index contributed by atoms with van der Waals surface area (Å²) in [5.74, 6) is 0.105. The smallest absolute Gasteiger partial charge is 0.234 e. The van der Waals surface area contributed by atoms with Crippen LogP contribution in [0, 0.1) is 0 Å². The molecule has 3 nitrogen and oxygen atoms in total. The van der Waals surface area contributed by atoms with Crippen LogP contribution in [-0.2, 0) is 11.3 Å². The van der Waals surface area contributed by atoms with Crippen molar-refractivity contribution in [1.82, 2.24) is 10.2 Å². The molecule has 0 spiro atoms. The molecule has 20 heavy (non-hydrogen) atoms. The number of benzene rings is 2. The first kappa shape index (κ1) is 13.4. The van der Waals surface area contributed by atoms with Gasteiger partial charge in [0.1, 0.15) is 0 Å². The summed E-state index contributed by atoms with van der Waals surface area (Å²) in [7, 11) is 0. The summed E-state index contributed by atoms with van der Waals surface area (Å²) in [4.78, 5) is 13.8. The predicted molar refractivity (Wildman–Crippen MR) is 81.9 cm³/mol. The third-order valence-corrected chi connectivity index (χ3v) is 3.86. The fourth-order valence-corrected chi connectivity index (χ4v) is 2.97. The molecule has 1 N–H and O–H groups in total. The lowest BCUT2D eigenvalue weighted by molar-refractivity contribution is -0.121. The van der Waals surface area contributed by atoms with Crippen LogP contribution < -0.4 is 5.32 Å². The van der Waals surface area contributed by atoms with Crippen molar-refractivity contribution in [2.24, 2.45) is 0 Å². The highest BCUT2D eigenvalue weighted by atomic mass is 35.5. The third kappa shape index (κ3) is 2.94. The minimum absolute atomic E-state index is 0.105. The second kappa shape index (κ2) is 5.81. The Kier molecular flexibility index (Phi) is 3.90. The van der Waals surface area contributed by atoms with E-state index in [2.05, 4.69) is 22.3 Å². The van der Waals surface area contributed by atoms with Gasteiger partial charge in [-0.05, 0) is 34.9 Å². The number of nitrogens with zero attached hydrogens (tertiary/aromatic N) is 1. The first-order chi connectivity index (χ1) is 9.72. The molecular formula is C16H17ClN2O. The summed E-state index contributed by atoms with van der Waals surface area (Å²) < 4.78 is 0. The van der Waals surface area contributed by atoms with Crippen LogP contribution >= 0.6 is 11.6 Å². The highest BCUT2D eigenvalue weighted by Gasteiger charge is 2.15. The standard InChI is InChI=1S/C16H17ClN2O/c17-14-8-12-4-1-2-5-15(12)13(9-14)10-19-7-3-6-18-16(20)11-19/h1-2,4-5,8-9H,3,6-7,10-11H2,(H,18,20). The van der Waals surface area contributed by atoms with Crippen molar-refractivity contribution < 1.29 is 4.79 Å². The molecule has 0 atom stereocenters. The predicted octanol–water partition coefficient (Wildman–Crippen LogP) is 2.82. The van der Waals surface area contributed by atoms with Crippen molar-refractivity contribution in [2.75, 3.05) is 19.6 Å². The maximum Gasteiger partial charge on any atom is 0.234 e. The summed E-state index contributed by atoms with van der Waals surface area (Å²) in [6.45, 7) is 2.92. The summed E-state index contributed by atoms with van der Waals surface area (Å²) in [5.41, 5.74) is 1.18. The molecule has 0 aromatic heterocycles. The van der Waals surface area contributed by atoms with Crippen molar-refractivity contribution >= 4 is 28.3 Å². The van der Waals surface area contributed by atoms with Gasteiger partial charge in [0.2, 0.25) is 5.91 Å². The summed E-state index contributed by atoms with van der Waals surface area (Å²) in [6, 6.07) is 12.2. The lowest BCUT2D eigenvalue weighted by Crippen LogP contribution is -2.32. The maximum absolute atomic E-state index is 11.6. The first-order valence-corrected chi connectivity index (χ1v) is 7.26. The number of fused-ring (bicyclic) bond motifs is 1. The van der Waals surface area contributed by atoms with Crippen molar-refractivity contribution in [3.8, 4) is 0 Å². The minimum atomic E-state index is 0.105. The second-order valence-electron chi connectivity index (χ2n) is 5.20.